The third kappa shape index (κ3) is 2.41. The monoisotopic (exact) mass is 305 g/mol. The summed E-state index contributed by atoms with van der Waals surface area (Å²) in [6.45, 7) is 0.679. The molecule has 1 aliphatic rings. The van der Waals surface area contributed by atoms with E-state index in [0.29, 0.717) is 23.6 Å². The Labute approximate surface area is 127 Å². The van der Waals surface area contributed by atoms with Crippen LogP contribution in [-0.2, 0) is 6.42 Å². The first-order valence-electron chi connectivity index (χ1n) is 7.07. The van der Waals surface area contributed by atoms with E-state index in [0.717, 1.165) is 23.6 Å². The number of hydrogen-bond acceptors (Lipinski definition) is 3. The van der Waals surface area contributed by atoms with Crippen molar-refractivity contribution in [3.8, 4) is 11.5 Å². The zero-order valence-corrected chi connectivity index (χ0v) is 12.5. The largest absolute Gasteiger partial charge is 0.493 e. The molecule has 1 atom stereocenters. The van der Waals surface area contributed by atoms with Gasteiger partial charge >= 0.3 is 0 Å². The van der Waals surface area contributed by atoms with Gasteiger partial charge in [0.1, 0.15) is 11.6 Å². The number of halogens is 2. The van der Waals surface area contributed by atoms with Crippen molar-refractivity contribution in [3.05, 3.63) is 58.7 Å². The Hall–Kier alpha value is -2.14. The molecule has 0 bridgehead atoms. The molecule has 2 aromatic rings. The highest BCUT2D eigenvalue weighted by Crippen LogP contribution is 2.40. The molecule has 0 saturated carbocycles. The third-order valence-electron chi connectivity index (χ3n) is 3.99. The van der Waals surface area contributed by atoms with Crippen LogP contribution in [0.4, 0.5) is 8.78 Å². The van der Waals surface area contributed by atoms with Crippen LogP contribution >= 0.6 is 0 Å². The number of ether oxygens (including phenoxy) is 2. The van der Waals surface area contributed by atoms with Crippen molar-refractivity contribution in [2.75, 3.05) is 20.8 Å². The molecular weight excluding hydrogens is 288 g/mol. The molecule has 0 radical (unpaired) electrons. The van der Waals surface area contributed by atoms with Crippen molar-refractivity contribution in [1.82, 2.24) is 5.32 Å². The lowest BCUT2D eigenvalue weighted by atomic mass is 9.88. The topological polar surface area (TPSA) is 30.5 Å². The smallest absolute Gasteiger partial charge is 0.164 e. The summed E-state index contributed by atoms with van der Waals surface area (Å²) in [6.07, 6.45) is 0.759. The Morgan fingerprint density at radius 1 is 1.05 bits per heavy atom. The minimum absolute atomic E-state index is 0.329. The summed E-state index contributed by atoms with van der Waals surface area (Å²) < 4.78 is 38.0. The molecule has 0 aromatic heterocycles. The van der Waals surface area contributed by atoms with Gasteiger partial charge in [0.2, 0.25) is 0 Å². The van der Waals surface area contributed by atoms with Crippen molar-refractivity contribution in [2.24, 2.45) is 0 Å². The van der Waals surface area contributed by atoms with Gasteiger partial charge in [-0.05, 0) is 24.1 Å². The number of nitrogens with one attached hydrogen (secondary N) is 1. The zero-order valence-electron chi connectivity index (χ0n) is 12.5. The molecule has 3 nitrogen and oxygen atoms in total. The number of methoxy groups -OCH3 is 2. The molecule has 0 amide bonds. The highest BCUT2D eigenvalue weighted by Gasteiger charge is 2.27. The van der Waals surface area contributed by atoms with Crippen LogP contribution in [0, 0.1) is 11.6 Å². The zero-order chi connectivity index (χ0) is 15.7. The molecule has 22 heavy (non-hydrogen) atoms. The summed E-state index contributed by atoms with van der Waals surface area (Å²) in [5.74, 6) is 0.195. The van der Waals surface area contributed by atoms with Gasteiger partial charge < -0.3 is 14.8 Å². The van der Waals surface area contributed by atoms with Crippen LogP contribution in [0.1, 0.15) is 22.7 Å². The Bertz CT molecular complexity index is 703. The standard InChI is InChI=1S/C17H17F2NO2/c1-21-15-6-5-11-12(17(15)22-2)7-8-20-16(11)13-4-3-10(18)9-14(13)19/h3-6,9,16,20H,7-8H2,1-2H3. The fourth-order valence-corrected chi connectivity index (χ4v) is 3.00. The van der Waals surface area contributed by atoms with Crippen LogP contribution in [0.2, 0.25) is 0 Å². The third-order valence-corrected chi connectivity index (χ3v) is 3.99. The summed E-state index contributed by atoms with van der Waals surface area (Å²) in [6, 6.07) is 7.04. The molecule has 0 aliphatic carbocycles. The van der Waals surface area contributed by atoms with E-state index in [1.165, 1.54) is 12.1 Å². The van der Waals surface area contributed by atoms with Crippen molar-refractivity contribution in [2.45, 2.75) is 12.5 Å². The maximum absolute atomic E-state index is 14.1. The molecule has 5 heteroatoms. The van der Waals surface area contributed by atoms with E-state index >= 15 is 0 Å². The lowest BCUT2D eigenvalue weighted by Gasteiger charge is -2.29. The van der Waals surface area contributed by atoms with Gasteiger partial charge in [0, 0.05) is 23.7 Å². The summed E-state index contributed by atoms with van der Waals surface area (Å²) in [7, 11) is 3.18. The van der Waals surface area contributed by atoms with Gasteiger partial charge in [-0.2, -0.15) is 0 Å². The molecular formula is C17H17F2NO2. The molecule has 0 saturated heterocycles. The molecule has 1 unspecified atom stereocenters. The first-order chi connectivity index (χ1) is 10.7. The van der Waals surface area contributed by atoms with Crippen molar-refractivity contribution >= 4 is 0 Å². The average molecular weight is 305 g/mol. The molecule has 2 aromatic carbocycles. The summed E-state index contributed by atoms with van der Waals surface area (Å²) >= 11 is 0. The van der Waals surface area contributed by atoms with Gasteiger partial charge in [-0.3, -0.25) is 0 Å². The van der Waals surface area contributed by atoms with E-state index in [1.807, 2.05) is 6.07 Å². The van der Waals surface area contributed by atoms with Gasteiger partial charge in [0.15, 0.2) is 11.5 Å². The Kier molecular flexibility index (Phi) is 3.98. The van der Waals surface area contributed by atoms with Crippen molar-refractivity contribution < 1.29 is 18.3 Å². The van der Waals surface area contributed by atoms with E-state index in [4.69, 9.17) is 9.47 Å². The van der Waals surface area contributed by atoms with E-state index in [1.54, 1.807) is 20.3 Å². The molecule has 1 aliphatic heterocycles. The van der Waals surface area contributed by atoms with Crippen molar-refractivity contribution in [1.29, 1.82) is 0 Å². The van der Waals surface area contributed by atoms with Gasteiger partial charge in [0.05, 0.1) is 20.3 Å². The lowest BCUT2D eigenvalue weighted by molar-refractivity contribution is 0.348. The van der Waals surface area contributed by atoms with Crippen LogP contribution in [0.15, 0.2) is 30.3 Å². The molecule has 1 heterocycles. The second-order valence-corrected chi connectivity index (χ2v) is 5.17. The summed E-state index contributed by atoms with van der Waals surface area (Å²) in [5.41, 5.74) is 2.35. The van der Waals surface area contributed by atoms with Gasteiger partial charge in [-0.25, -0.2) is 8.78 Å². The molecule has 1 N–H and O–H groups in total. The van der Waals surface area contributed by atoms with E-state index < -0.39 is 11.6 Å². The number of fused-ring (bicyclic) bond motifs is 1. The second-order valence-electron chi connectivity index (χ2n) is 5.17. The number of benzene rings is 2. The van der Waals surface area contributed by atoms with E-state index in [9.17, 15) is 8.78 Å². The van der Waals surface area contributed by atoms with Crippen LogP contribution in [0.3, 0.4) is 0 Å². The average Bonchev–Trinajstić information content (AvgIpc) is 2.53. The summed E-state index contributed by atoms with van der Waals surface area (Å²) in [5, 5.41) is 3.28. The summed E-state index contributed by atoms with van der Waals surface area (Å²) in [4.78, 5) is 0. The second kappa shape index (κ2) is 5.93. The predicted molar refractivity (Wildman–Crippen MR) is 79.5 cm³/mol. The first kappa shape index (κ1) is 14.8. The van der Waals surface area contributed by atoms with Crippen LogP contribution < -0.4 is 14.8 Å². The Morgan fingerprint density at radius 2 is 1.82 bits per heavy atom. The van der Waals surface area contributed by atoms with Crippen molar-refractivity contribution in [3.63, 3.8) is 0 Å². The number of rotatable bonds is 3. The lowest BCUT2D eigenvalue weighted by Crippen LogP contribution is -2.31. The first-order valence-corrected chi connectivity index (χ1v) is 7.07. The Morgan fingerprint density at radius 3 is 2.50 bits per heavy atom. The Balaban J connectivity index is 2.12. The minimum atomic E-state index is -0.579. The fraction of sp³-hybridized carbons (Fsp3) is 0.294. The van der Waals surface area contributed by atoms with E-state index in [-0.39, 0.29) is 6.04 Å². The van der Waals surface area contributed by atoms with Gasteiger partial charge in [0.25, 0.3) is 0 Å². The maximum atomic E-state index is 14.1. The maximum Gasteiger partial charge on any atom is 0.164 e. The predicted octanol–water partition coefficient (Wildman–Crippen LogP) is 3.22. The normalized spacial score (nSPS) is 17.0. The number of hydrogen-bond donors (Lipinski definition) is 1. The minimum Gasteiger partial charge on any atom is -0.493 e. The van der Waals surface area contributed by atoms with E-state index in [2.05, 4.69) is 5.32 Å². The molecule has 0 fully saturated rings. The molecule has 0 spiro atoms. The quantitative estimate of drug-likeness (QED) is 0.944. The fourth-order valence-electron chi connectivity index (χ4n) is 3.00. The van der Waals surface area contributed by atoms with Gasteiger partial charge in [-0.15, -0.1) is 0 Å². The highest BCUT2D eigenvalue weighted by molar-refractivity contribution is 5.54. The highest BCUT2D eigenvalue weighted by atomic mass is 19.1. The van der Waals surface area contributed by atoms with Crippen LogP contribution in [-0.4, -0.2) is 20.8 Å². The molecule has 3 rings (SSSR count). The van der Waals surface area contributed by atoms with Crippen LogP contribution in [0.25, 0.3) is 0 Å². The van der Waals surface area contributed by atoms with Crippen LogP contribution in [0.5, 0.6) is 11.5 Å². The molecule has 116 valence electrons. The SMILES string of the molecule is COc1ccc2c(c1OC)CCNC2c1ccc(F)cc1F. The van der Waals surface area contributed by atoms with Gasteiger partial charge in [-0.1, -0.05) is 12.1 Å².